The predicted molar refractivity (Wildman–Crippen MR) is 46.9 cm³/mol. The summed E-state index contributed by atoms with van der Waals surface area (Å²) >= 11 is 0. The van der Waals surface area contributed by atoms with Gasteiger partial charge in [-0.05, 0) is 24.6 Å². The molecule has 0 fully saturated rings. The fourth-order valence-electron chi connectivity index (χ4n) is 1.09. The van der Waals surface area contributed by atoms with Gasteiger partial charge in [-0.15, -0.1) is 0 Å². The Kier molecular flexibility index (Phi) is 2.51. The van der Waals surface area contributed by atoms with Crippen LogP contribution in [-0.4, -0.2) is 13.1 Å². The summed E-state index contributed by atoms with van der Waals surface area (Å²) in [5.41, 5.74) is 6.03. The van der Waals surface area contributed by atoms with E-state index < -0.39 is 11.8 Å². The van der Waals surface area contributed by atoms with Crippen molar-refractivity contribution in [2.24, 2.45) is 0 Å². The zero-order valence-electron chi connectivity index (χ0n) is 7.43. The van der Waals surface area contributed by atoms with E-state index in [1.54, 1.807) is 6.92 Å². The molecular weight excluding hydrogens is 173 g/mol. The highest BCUT2D eigenvalue weighted by Crippen LogP contribution is 2.18. The van der Waals surface area contributed by atoms with Crippen LogP contribution in [0.2, 0.25) is 0 Å². The molecule has 0 atom stereocenters. The zero-order chi connectivity index (χ0) is 10.0. The van der Waals surface area contributed by atoms with Crippen LogP contribution in [-0.2, 0) is 4.74 Å². The van der Waals surface area contributed by atoms with E-state index >= 15 is 0 Å². The van der Waals surface area contributed by atoms with E-state index in [1.165, 1.54) is 19.2 Å². The molecule has 0 saturated carbocycles. The molecule has 70 valence electrons. The summed E-state index contributed by atoms with van der Waals surface area (Å²) in [6.07, 6.45) is 0. The van der Waals surface area contributed by atoms with Crippen LogP contribution in [0, 0.1) is 12.7 Å². The van der Waals surface area contributed by atoms with E-state index in [1.807, 2.05) is 0 Å². The minimum absolute atomic E-state index is 0.101. The lowest BCUT2D eigenvalue weighted by molar-refractivity contribution is 0.0597. The number of halogens is 1. The molecule has 0 radical (unpaired) electrons. The van der Waals surface area contributed by atoms with Crippen LogP contribution in [0.1, 0.15) is 15.9 Å². The molecule has 0 aliphatic rings. The van der Waals surface area contributed by atoms with Crippen molar-refractivity contribution in [3.8, 4) is 0 Å². The number of methoxy groups -OCH3 is 1. The van der Waals surface area contributed by atoms with Crippen molar-refractivity contribution in [3.63, 3.8) is 0 Å². The first-order valence-electron chi connectivity index (χ1n) is 3.70. The third-order valence-corrected chi connectivity index (χ3v) is 1.65. The number of esters is 1. The second kappa shape index (κ2) is 3.43. The van der Waals surface area contributed by atoms with Crippen LogP contribution in [0.5, 0.6) is 0 Å². The first kappa shape index (κ1) is 9.51. The van der Waals surface area contributed by atoms with Gasteiger partial charge in [0.05, 0.1) is 7.11 Å². The Bertz CT molecular complexity index is 326. The average molecular weight is 183 g/mol. The minimum Gasteiger partial charge on any atom is -0.465 e. The molecule has 4 heteroatoms. The zero-order valence-corrected chi connectivity index (χ0v) is 7.43. The van der Waals surface area contributed by atoms with Crippen molar-refractivity contribution in [2.75, 3.05) is 12.8 Å². The minimum atomic E-state index is -0.755. The quantitative estimate of drug-likeness (QED) is 0.530. The fraction of sp³-hybridized carbons (Fsp3) is 0.222. The molecule has 1 aromatic carbocycles. The van der Waals surface area contributed by atoms with E-state index in [0.29, 0.717) is 5.56 Å². The SMILES string of the molecule is COC(=O)c1c(N)cc(C)cc1F. The summed E-state index contributed by atoms with van der Waals surface area (Å²) in [4.78, 5) is 11.0. The number of nitrogen functional groups attached to an aromatic ring is 1. The van der Waals surface area contributed by atoms with Gasteiger partial charge < -0.3 is 10.5 Å². The predicted octanol–water partition coefficient (Wildman–Crippen LogP) is 1.50. The number of nitrogens with two attached hydrogens (primary N) is 1. The molecule has 0 aliphatic carbocycles. The van der Waals surface area contributed by atoms with Gasteiger partial charge in [-0.3, -0.25) is 0 Å². The average Bonchev–Trinajstić information content (AvgIpc) is 2.02. The van der Waals surface area contributed by atoms with Crippen molar-refractivity contribution in [2.45, 2.75) is 6.92 Å². The highest BCUT2D eigenvalue weighted by molar-refractivity contribution is 5.95. The summed E-state index contributed by atoms with van der Waals surface area (Å²) in [7, 11) is 1.18. The molecule has 1 rings (SSSR count). The van der Waals surface area contributed by atoms with Gasteiger partial charge in [0, 0.05) is 5.69 Å². The van der Waals surface area contributed by atoms with E-state index in [4.69, 9.17) is 5.73 Å². The van der Waals surface area contributed by atoms with E-state index in [2.05, 4.69) is 4.74 Å². The van der Waals surface area contributed by atoms with Crippen LogP contribution in [0.25, 0.3) is 0 Å². The largest absolute Gasteiger partial charge is 0.465 e. The van der Waals surface area contributed by atoms with Gasteiger partial charge in [-0.25, -0.2) is 9.18 Å². The Morgan fingerprint density at radius 2 is 2.15 bits per heavy atom. The molecule has 0 saturated heterocycles. The first-order chi connectivity index (χ1) is 6.06. The smallest absolute Gasteiger partial charge is 0.342 e. The van der Waals surface area contributed by atoms with Crippen molar-refractivity contribution in [3.05, 3.63) is 29.1 Å². The van der Waals surface area contributed by atoms with Crippen LogP contribution in [0.15, 0.2) is 12.1 Å². The van der Waals surface area contributed by atoms with Gasteiger partial charge in [0.25, 0.3) is 0 Å². The van der Waals surface area contributed by atoms with Gasteiger partial charge in [0.15, 0.2) is 0 Å². The standard InChI is InChI=1S/C9H10FNO2/c1-5-3-6(10)8(7(11)4-5)9(12)13-2/h3-4H,11H2,1-2H3. The van der Waals surface area contributed by atoms with Crippen molar-refractivity contribution < 1.29 is 13.9 Å². The Labute approximate surface area is 75.3 Å². The van der Waals surface area contributed by atoms with Gasteiger partial charge in [0.1, 0.15) is 11.4 Å². The molecule has 0 aliphatic heterocycles. The van der Waals surface area contributed by atoms with Crippen molar-refractivity contribution in [1.29, 1.82) is 0 Å². The maximum atomic E-state index is 13.2. The Morgan fingerprint density at radius 1 is 1.54 bits per heavy atom. The molecule has 0 unspecified atom stereocenters. The third-order valence-electron chi connectivity index (χ3n) is 1.65. The summed E-state index contributed by atoms with van der Waals surface area (Å²) in [5.74, 6) is -1.40. The highest BCUT2D eigenvalue weighted by atomic mass is 19.1. The topological polar surface area (TPSA) is 52.3 Å². The number of carbonyl (C=O) groups excluding carboxylic acids is 1. The summed E-state index contributed by atoms with van der Waals surface area (Å²) in [5, 5.41) is 0. The number of anilines is 1. The molecule has 13 heavy (non-hydrogen) atoms. The maximum absolute atomic E-state index is 13.2. The monoisotopic (exact) mass is 183 g/mol. The molecule has 1 aromatic rings. The Morgan fingerprint density at radius 3 is 2.62 bits per heavy atom. The third kappa shape index (κ3) is 1.77. The molecule has 0 amide bonds. The van der Waals surface area contributed by atoms with Crippen LogP contribution in [0.3, 0.4) is 0 Å². The van der Waals surface area contributed by atoms with E-state index in [9.17, 15) is 9.18 Å². The molecule has 3 nitrogen and oxygen atoms in total. The number of ether oxygens (including phenoxy) is 1. The normalized spacial score (nSPS) is 9.77. The highest BCUT2D eigenvalue weighted by Gasteiger charge is 2.15. The number of benzene rings is 1. The van der Waals surface area contributed by atoms with Gasteiger partial charge in [0.2, 0.25) is 0 Å². The fourth-order valence-corrected chi connectivity index (χ4v) is 1.09. The molecule has 2 N–H and O–H groups in total. The summed E-state index contributed by atoms with van der Waals surface area (Å²) in [6.45, 7) is 1.69. The molecule has 0 spiro atoms. The van der Waals surface area contributed by atoms with Gasteiger partial charge in [-0.1, -0.05) is 0 Å². The number of carbonyl (C=O) groups is 1. The van der Waals surface area contributed by atoms with Crippen LogP contribution in [0.4, 0.5) is 10.1 Å². The van der Waals surface area contributed by atoms with Crippen LogP contribution >= 0.6 is 0 Å². The molecule has 0 heterocycles. The van der Waals surface area contributed by atoms with Gasteiger partial charge in [-0.2, -0.15) is 0 Å². The second-order valence-corrected chi connectivity index (χ2v) is 2.70. The molecular formula is C9H10FNO2. The number of rotatable bonds is 1. The Hall–Kier alpha value is -1.58. The molecule has 0 bridgehead atoms. The lowest BCUT2D eigenvalue weighted by Gasteiger charge is -2.05. The Balaban J connectivity index is 3.28. The molecule has 0 aromatic heterocycles. The van der Waals surface area contributed by atoms with E-state index in [0.717, 1.165) is 0 Å². The van der Waals surface area contributed by atoms with E-state index in [-0.39, 0.29) is 11.3 Å². The number of hydrogen-bond acceptors (Lipinski definition) is 3. The first-order valence-corrected chi connectivity index (χ1v) is 3.70. The number of aryl methyl sites for hydroxylation is 1. The van der Waals surface area contributed by atoms with Gasteiger partial charge >= 0.3 is 5.97 Å². The van der Waals surface area contributed by atoms with Crippen LogP contribution < -0.4 is 5.73 Å². The lowest BCUT2D eigenvalue weighted by atomic mass is 10.1. The number of hydrogen-bond donors (Lipinski definition) is 1. The van der Waals surface area contributed by atoms with Crippen molar-refractivity contribution >= 4 is 11.7 Å². The second-order valence-electron chi connectivity index (χ2n) is 2.70. The lowest BCUT2D eigenvalue weighted by Crippen LogP contribution is -2.08. The summed E-state index contributed by atoms with van der Waals surface area (Å²) in [6, 6.07) is 2.76. The summed E-state index contributed by atoms with van der Waals surface area (Å²) < 4.78 is 17.5. The maximum Gasteiger partial charge on any atom is 0.342 e. The van der Waals surface area contributed by atoms with Crippen molar-refractivity contribution in [1.82, 2.24) is 0 Å².